The van der Waals surface area contributed by atoms with Crippen LogP contribution in [0.4, 0.5) is 5.82 Å². The largest absolute Gasteiger partial charge is 0.361 e. The molecule has 86 valence electrons. The molecule has 17 heavy (non-hydrogen) atoms. The van der Waals surface area contributed by atoms with E-state index in [0.29, 0.717) is 0 Å². The van der Waals surface area contributed by atoms with Crippen LogP contribution in [-0.2, 0) is 12.8 Å². The van der Waals surface area contributed by atoms with Crippen molar-refractivity contribution in [3.8, 4) is 11.3 Å². The van der Waals surface area contributed by atoms with Gasteiger partial charge in [-0.25, -0.2) is 0 Å². The molecule has 0 saturated carbocycles. The summed E-state index contributed by atoms with van der Waals surface area (Å²) in [6, 6.07) is 10.6. The summed E-state index contributed by atoms with van der Waals surface area (Å²) in [6.45, 7) is 0. The molecular weight excluding hydrogens is 210 g/mol. The van der Waals surface area contributed by atoms with E-state index in [4.69, 9.17) is 0 Å². The van der Waals surface area contributed by atoms with E-state index in [0.717, 1.165) is 24.4 Å². The van der Waals surface area contributed by atoms with Gasteiger partial charge in [-0.1, -0.05) is 24.3 Å². The fourth-order valence-electron chi connectivity index (χ4n) is 2.29. The summed E-state index contributed by atoms with van der Waals surface area (Å²) < 4.78 is 0. The van der Waals surface area contributed by atoms with Gasteiger partial charge in [0, 0.05) is 19.7 Å². The van der Waals surface area contributed by atoms with Gasteiger partial charge in [-0.05, 0) is 30.0 Å². The van der Waals surface area contributed by atoms with Gasteiger partial charge in [-0.2, -0.15) is 0 Å². The van der Waals surface area contributed by atoms with Gasteiger partial charge in [-0.3, -0.25) is 0 Å². The number of hydrogen-bond acceptors (Lipinski definition) is 3. The van der Waals surface area contributed by atoms with E-state index in [2.05, 4.69) is 40.5 Å². The molecular formula is C14H15N3. The van der Waals surface area contributed by atoms with E-state index in [9.17, 15) is 0 Å². The molecule has 0 fully saturated rings. The number of aryl methyl sites for hydroxylation is 2. The maximum absolute atomic E-state index is 4.39. The van der Waals surface area contributed by atoms with Gasteiger partial charge in [0.2, 0.25) is 0 Å². The van der Waals surface area contributed by atoms with Crippen LogP contribution >= 0.6 is 0 Å². The second-order valence-corrected chi connectivity index (χ2v) is 4.63. The number of rotatable bonds is 1. The molecule has 1 heterocycles. The van der Waals surface area contributed by atoms with Crippen LogP contribution in [0.2, 0.25) is 0 Å². The quantitative estimate of drug-likeness (QED) is 0.745. The van der Waals surface area contributed by atoms with Crippen LogP contribution < -0.4 is 4.90 Å². The van der Waals surface area contributed by atoms with E-state index in [1.807, 2.05) is 19.0 Å². The summed E-state index contributed by atoms with van der Waals surface area (Å²) in [5.74, 6) is 0.933. The third-order valence-electron chi connectivity index (χ3n) is 3.25. The molecule has 0 aliphatic heterocycles. The normalized spacial score (nSPS) is 12.8. The molecule has 3 heteroatoms. The number of anilines is 1. The minimum Gasteiger partial charge on any atom is -0.361 e. The smallest absolute Gasteiger partial charge is 0.151 e. The molecule has 0 amide bonds. The lowest BCUT2D eigenvalue weighted by Crippen LogP contribution is -2.14. The molecule has 2 aromatic rings. The van der Waals surface area contributed by atoms with Crippen molar-refractivity contribution in [3.63, 3.8) is 0 Å². The van der Waals surface area contributed by atoms with Crippen molar-refractivity contribution < 1.29 is 0 Å². The maximum atomic E-state index is 4.39. The van der Waals surface area contributed by atoms with Crippen molar-refractivity contribution in [1.82, 2.24) is 10.2 Å². The summed E-state index contributed by atoms with van der Waals surface area (Å²) >= 11 is 0. The number of fused-ring (bicyclic) bond motifs is 3. The van der Waals surface area contributed by atoms with E-state index in [1.54, 1.807) is 0 Å². The molecule has 1 aromatic carbocycles. The number of benzene rings is 1. The highest BCUT2D eigenvalue weighted by molar-refractivity contribution is 5.70. The van der Waals surface area contributed by atoms with Crippen LogP contribution in [0.25, 0.3) is 11.3 Å². The first-order valence-corrected chi connectivity index (χ1v) is 5.88. The standard InChI is InChI=1S/C14H15N3/c1-17(2)13-9-11-8-7-10-5-3-4-6-12(10)14(11)16-15-13/h3-6,9H,7-8H2,1-2H3. The first-order valence-electron chi connectivity index (χ1n) is 5.88. The van der Waals surface area contributed by atoms with Crippen molar-refractivity contribution in [2.75, 3.05) is 19.0 Å². The first kappa shape index (κ1) is 10.3. The van der Waals surface area contributed by atoms with Crippen molar-refractivity contribution in [2.24, 2.45) is 0 Å². The molecule has 0 radical (unpaired) electrons. The second-order valence-electron chi connectivity index (χ2n) is 4.63. The lowest BCUT2D eigenvalue weighted by Gasteiger charge is -2.20. The molecule has 0 N–H and O–H groups in total. The first-order chi connectivity index (χ1) is 8.25. The van der Waals surface area contributed by atoms with Gasteiger partial charge in [0.25, 0.3) is 0 Å². The molecule has 0 saturated heterocycles. The third kappa shape index (κ3) is 1.68. The Morgan fingerprint density at radius 2 is 1.76 bits per heavy atom. The molecule has 1 aliphatic rings. The Morgan fingerprint density at radius 3 is 2.59 bits per heavy atom. The molecule has 0 unspecified atom stereocenters. The van der Waals surface area contributed by atoms with Gasteiger partial charge in [0.1, 0.15) is 0 Å². The monoisotopic (exact) mass is 225 g/mol. The Balaban J connectivity index is 2.15. The zero-order valence-corrected chi connectivity index (χ0v) is 10.1. The fraction of sp³-hybridized carbons (Fsp3) is 0.286. The Labute approximate surface area is 101 Å². The van der Waals surface area contributed by atoms with Crippen LogP contribution in [0.1, 0.15) is 11.1 Å². The van der Waals surface area contributed by atoms with Gasteiger partial charge in [0.15, 0.2) is 5.82 Å². The molecule has 3 rings (SSSR count). The topological polar surface area (TPSA) is 29.0 Å². The minimum atomic E-state index is 0.933. The summed E-state index contributed by atoms with van der Waals surface area (Å²) in [5.41, 5.74) is 4.98. The van der Waals surface area contributed by atoms with Gasteiger partial charge in [-0.15, -0.1) is 10.2 Å². The maximum Gasteiger partial charge on any atom is 0.151 e. The van der Waals surface area contributed by atoms with Crippen LogP contribution in [0, 0.1) is 0 Å². The highest BCUT2D eigenvalue weighted by Crippen LogP contribution is 2.32. The zero-order chi connectivity index (χ0) is 11.8. The molecule has 0 atom stereocenters. The van der Waals surface area contributed by atoms with Crippen LogP contribution in [0.5, 0.6) is 0 Å². The lowest BCUT2D eigenvalue weighted by molar-refractivity contribution is 0.882. The Kier molecular flexibility index (Phi) is 2.32. The van der Waals surface area contributed by atoms with Crippen molar-refractivity contribution in [2.45, 2.75) is 12.8 Å². The number of aromatic nitrogens is 2. The van der Waals surface area contributed by atoms with Crippen molar-refractivity contribution in [1.29, 1.82) is 0 Å². The van der Waals surface area contributed by atoms with Gasteiger partial charge < -0.3 is 4.90 Å². The average Bonchev–Trinajstić information content (AvgIpc) is 2.38. The lowest BCUT2D eigenvalue weighted by atomic mass is 9.89. The SMILES string of the molecule is CN(C)c1cc2c(nn1)-c1ccccc1CC2. The van der Waals surface area contributed by atoms with Crippen molar-refractivity contribution >= 4 is 5.82 Å². The highest BCUT2D eigenvalue weighted by atomic mass is 15.2. The van der Waals surface area contributed by atoms with E-state index >= 15 is 0 Å². The summed E-state index contributed by atoms with van der Waals surface area (Å²) in [6.07, 6.45) is 2.16. The number of hydrogen-bond donors (Lipinski definition) is 0. The predicted molar refractivity (Wildman–Crippen MR) is 69.2 cm³/mol. The van der Waals surface area contributed by atoms with Crippen LogP contribution in [0.3, 0.4) is 0 Å². The molecule has 3 nitrogen and oxygen atoms in total. The average molecular weight is 225 g/mol. The minimum absolute atomic E-state index is 0.933. The molecule has 0 spiro atoms. The van der Waals surface area contributed by atoms with Gasteiger partial charge in [0.05, 0.1) is 5.69 Å². The Hall–Kier alpha value is -1.90. The highest BCUT2D eigenvalue weighted by Gasteiger charge is 2.18. The fourth-order valence-corrected chi connectivity index (χ4v) is 2.29. The predicted octanol–water partition coefficient (Wildman–Crippen LogP) is 2.31. The summed E-state index contributed by atoms with van der Waals surface area (Å²) in [7, 11) is 3.99. The van der Waals surface area contributed by atoms with Crippen LogP contribution in [-0.4, -0.2) is 24.3 Å². The molecule has 1 aliphatic carbocycles. The zero-order valence-electron chi connectivity index (χ0n) is 10.1. The van der Waals surface area contributed by atoms with Gasteiger partial charge >= 0.3 is 0 Å². The summed E-state index contributed by atoms with van der Waals surface area (Å²) in [4.78, 5) is 1.99. The Morgan fingerprint density at radius 1 is 1.00 bits per heavy atom. The number of nitrogens with zero attached hydrogens (tertiary/aromatic N) is 3. The summed E-state index contributed by atoms with van der Waals surface area (Å²) in [5, 5.41) is 8.66. The second kappa shape index (κ2) is 3.84. The third-order valence-corrected chi connectivity index (χ3v) is 3.25. The van der Waals surface area contributed by atoms with Crippen LogP contribution in [0.15, 0.2) is 30.3 Å². The van der Waals surface area contributed by atoms with E-state index in [-0.39, 0.29) is 0 Å². The van der Waals surface area contributed by atoms with E-state index < -0.39 is 0 Å². The van der Waals surface area contributed by atoms with E-state index in [1.165, 1.54) is 16.7 Å². The molecule has 1 aromatic heterocycles. The molecule has 0 bridgehead atoms. The Bertz CT molecular complexity index is 561. The van der Waals surface area contributed by atoms with Crippen molar-refractivity contribution in [3.05, 3.63) is 41.5 Å².